The van der Waals surface area contributed by atoms with Crippen molar-refractivity contribution in [3.63, 3.8) is 0 Å². The van der Waals surface area contributed by atoms with Crippen molar-refractivity contribution < 1.29 is 14.6 Å². The van der Waals surface area contributed by atoms with Crippen LogP contribution in [0.2, 0.25) is 0 Å². The Morgan fingerprint density at radius 3 is 2.79 bits per heavy atom. The van der Waals surface area contributed by atoms with Gasteiger partial charge in [-0.2, -0.15) is 0 Å². The second kappa shape index (κ2) is 8.38. The van der Waals surface area contributed by atoms with Gasteiger partial charge in [0.15, 0.2) is 0 Å². The van der Waals surface area contributed by atoms with E-state index >= 15 is 0 Å². The normalized spacial score (nSPS) is 22.8. The topological polar surface area (TPSA) is 61.8 Å². The Morgan fingerprint density at radius 1 is 1.47 bits per heavy atom. The number of nitrogens with one attached hydrogen (secondary N) is 1. The van der Waals surface area contributed by atoms with Gasteiger partial charge in [-0.3, -0.25) is 0 Å². The van der Waals surface area contributed by atoms with Crippen LogP contribution in [0.1, 0.15) is 33.1 Å². The van der Waals surface area contributed by atoms with Gasteiger partial charge in [-0.25, -0.2) is 4.79 Å². The van der Waals surface area contributed by atoms with Crippen LogP contribution >= 0.6 is 0 Å². The van der Waals surface area contributed by atoms with Gasteiger partial charge in [-0.05, 0) is 18.8 Å². The minimum atomic E-state index is -0.246. The molecule has 5 heteroatoms. The lowest BCUT2D eigenvalue weighted by Gasteiger charge is -2.23. The van der Waals surface area contributed by atoms with Gasteiger partial charge in [0, 0.05) is 32.7 Å². The molecule has 1 aliphatic rings. The van der Waals surface area contributed by atoms with E-state index in [1.54, 1.807) is 11.9 Å². The summed E-state index contributed by atoms with van der Waals surface area (Å²) in [4.78, 5) is 13.5. The lowest BCUT2D eigenvalue weighted by Crippen LogP contribution is -2.42. The Balaban J connectivity index is 2.11. The number of rotatable bonds is 7. The van der Waals surface area contributed by atoms with Crippen molar-refractivity contribution in [2.75, 3.05) is 33.4 Å². The van der Waals surface area contributed by atoms with Crippen LogP contribution in [0.15, 0.2) is 0 Å². The fourth-order valence-electron chi connectivity index (χ4n) is 2.35. The molecule has 2 atom stereocenters. The van der Waals surface area contributed by atoms with E-state index in [0.717, 1.165) is 25.9 Å². The number of hydrogen-bond donors (Lipinski definition) is 2. The van der Waals surface area contributed by atoms with Crippen molar-refractivity contribution in [2.24, 2.45) is 11.8 Å². The number of hydrogen-bond acceptors (Lipinski definition) is 3. The summed E-state index contributed by atoms with van der Waals surface area (Å²) in [7, 11) is 1.77. The van der Waals surface area contributed by atoms with Gasteiger partial charge in [0.05, 0.1) is 12.7 Å². The van der Waals surface area contributed by atoms with E-state index in [1.165, 1.54) is 0 Å². The molecule has 0 aromatic carbocycles. The predicted molar refractivity (Wildman–Crippen MR) is 75.0 cm³/mol. The summed E-state index contributed by atoms with van der Waals surface area (Å²) in [5.74, 6) is 0.746. The fourth-order valence-corrected chi connectivity index (χ4v) is 2.35. The zero-order chi connectivity index (χ0) is 14.3. The number of carbonyl (C=O) groups is 1. The highest BCUT2D eigenvalue weighted by Gasteiger charge is 2.27. The first-order valence-corrected chi connectivity index (χ1v) is 7.25. The first-order chi connectivity index (χ1) is 9.00. The van der Waals surface area contributed by atoms with Gasteiger partial charge >= 0.3 is 6.03 Å². The lowest BCUT2D eigenvalue weighted by atomic mass is 10.1. The van der Waals surface area contributed by atoms with E-state index in [1.807, 2.05) is 0 Å². The number of ether oxygens (including phenoxy) is 1. The maximum absolute atomic E-state index is 11.8. The van der Waals surface area contributed by atoms with Crippen molar-refractivity contribution in [3.05, 3.63) is 0 Å². The van der Waals surface area contributed by atoms with Crippen LogP contribution in [0.4, 0.5) is 4.79 Å². The monoisotopic (exact) mass is 272 g/mol. The average Bonchev–Trinajstić information content (AvgIpc) is 2.74. The molecular weight excluding hydrogens is 244 g/mol. The summed E-state index contributed by atoms with van der Waals surface area (Å²) in [5.41, 5.74) is 0. The van der Waals surface area contributed by atoms with E-state index in [2.05, 4.69) is 19.2 Å². The van der Waals surface area contributed by atoms with Crippen molar-refractivity contribution >= 4 is 6.03 Å². The number of aliphatic hydroxyl groups excluding tert-OH is 1. The highest BCUT2D eigenvalue weighted by atomic mass is 16.5. The molecule has 19 heavy (non-hydrogen) atoms. The number of aliphatic hydroxyl groups is 1. The zero-order valence-electron chi connectivity index (χ0n) is 12.4. The second-order valence-electron chi connectivity index (χ2n) is 5.84. The first kappa shape index (κ1) is 16.2. The Hall–Kier alpha value is -0.810. The van der Waals surface area contributed by atoms with E-state index in [0.29, 0.717) is 25.6 Å². The summed E-state index contributed by atoms with van der Waals surface area (Å²) >= 11 is 0. The van der Waals surface area contributed by atoms with Gasteiger partial charge in [0.25, 0.3) is 0 Å². The molecule has 112 valence electrons. The molecule has 0 aromatic rings. The van der Waals surface area contributed by atoms with E-state index < -0.39 is 0 Å². The van der Waals surface area contributed by atoms with Crippen molar-refractivity contribution in [1.29, 1.82) is 0 Å². The predicted octanol–water partition coefficient (Wildman–Crippen LogP) is 1.46. The molecule has 1 saturated carbocycles. The minimum Gasteiger partial charge on any atom is -0.393 e. The van der Waals surface area contributed by atoms with Crippen LogP contribution in [0.3, 0.4) is 0 Å². The molecule has 0 aliphatic heterocycles. The van der Waals surface area contributed by atoms with Crippen molar-refractivity contribution in [3.8, 4) is 0 Å². The molecule has 2 unspecified atom stereocenters. The van der Waals surface area contributed by atoms with E-state index in [4.69, 9.17) is 4.74 Å². The van der Waals surface area contributed by atoms with Crippen LogP contribution in [0.25, 0.3) is 0 Å². The van der Waals surface area contributed by atoms with Crippen LogP contribution in [0.5, 0.6) is 0 Å². The third-order valence-corrected chi connectivity index (χ3v) is 3.45. The first-order valence-electron chi connectivity index (χ1n) is 7.25. The molecule has 1 rings (SSSR count). The third-order valence-electron chi connectivity index (χ3n) is 3.45. The molecule has 0 saturated heterocycles. The van der Waals surface area contributed by atoms with Crippen molar-refractivity contribution in [1.82, 2.24) is 10.2 Å². The molecule has 5 nitrogen and oxygen atoms in total. The van der Waals surface area contributed by atoms with Crippen LogP contribution in [0, 0.1) is 11.8 Å². The lowest BCUT2D eigenvalue weighted by molar-refractivity contribution is 0.105. The highest BCUT2D eigenvalue weighted by Crippen LogP contribution is 2.25. The summed E-state index contributed by atoms with van der Waals surface area (Å²) in [6, 6.07) is -0.0905. The summed E-state index contributed by atoms with van der Waals surface area (Å²) in [5, 5.41) is 12.6. The Labute approximate surface area is 116 Å². The number of nitrogens with zero attached hydrogens (tertiary/aromatic N) is 1. The van der Waals surface area contributed by atoms with Crippen molar-refractivity contribution in [2.45, 2.75) is 39.2 Å². The molecule has 0 aromatic heterocycles. The zero-order valence-corrected chi connectivity index (χ0v) is 12.4. The van der Waals surface area contributed by atoms with Gasteiger partial charge in [-0.1, -0.05) is 20.3 Å². The van der Waals surface area contributed by atoms with Crippen LogP contribution < -0.4 is 5.32 Å². The second-order valence-corrected chi connectivity index (χ2v) is 5.84. The standard InChI is InChI=1S/C14H28N2O3/c1-11(2)10-19-8-7-15-14(18)16(3)9-12-5-4-6-13(12)17/h11-13,17H,4-10H2,1-3H3,(H,15,18). The van der Waals surface area contributed by atoms with Gasteiger partial charge < -0.3 is 20.1 Å². The Kier molecular flexibility index (Phi) is 7.16. The third kappa shape index (κ3) is 6.25. The SMILES string of the molecule is CC(C)COCCNC(=O)N(C)CC1CCCC1O. The van der Waals surface area contributed by atoms with Gasteiger partial charge in [0.2, 0.25) is 0 Å². The summed E-state index contributed by atoms with van der Waals surface area (Å²) in [6.07, 6.45) is 2.69. The Morgan fingerprint density at radius 2 is 2.21 bits per heavy atom. The maximum Gasteiger partial charge on any atom is 0.317 e. The van der Waals surface area contributed by atoms with E-state index in [9.17, 15) is 9.90 Å². The fraction of sp³-hybridized carbons (Fsp3) is 0.929. The highest BCUT2D eigenvalue weighted by molar-refractivity contribution is 5.73. The molecule has 0 radical (unpaired) electrons. The van der Waals surface area contributed by atoms with Crippen LogP contribution in [-0.4, -0.2) is 55.5 Å². The smallest absolute Gasteiger partial charge is 0.317 e. The minimum absolute atomic E-state index is 0.0905. The van der Waals surface area contributed by atoms with Gasteiger partial charge in [0.1, 0.15) is 0 Å². The summed E-state index contributed by atoms with van der Waals surface area (Å²) in [6.45, 7) is 6.62. The molecule has 1 fully saturated rings. The molecule has 2 amide bonds. The van der Waals surface area contributed by atoms with E-state index in [-0.39, 0.29) is 18.1 Å². The maximum atomic E-state index is 11.8. The molecule has 2 N–H and O–H groups in total. The number of urea groups is 1. The molecule has 0 spiro atoms. The largest absolute Gasteiger partial charge is 0.393 e. The summed E-state index contributed by atoms with van der Waals surface area (Å²) < 4.78 is 5.40. The van der Waals surface area contributed by atoms with Crippen LogP contribution in [-0.2, 0) is 4.74 Å². The average molecular weight is 272 g/mol. The van der Waals surface area contributed by atoms with Gasteiger partial charge in [-0.15, -0.1) is 0 Å². The molecular formula is C14H28N2O3. The quantitative estimate of drug-likeness (QED) is 0.690. The Bertz CT molecular complexity index is 271. The number of amides is 2. The molecule has 1 aliphatic carbocycles. The molecule has 0 bridgehead atoms. The number of carbonyl (C=O) groups excluding carboxylic acids is 1. The molecule has 0 heterocycles.